The third kappa shape index (κ3) is 2.81. The summed E-state index contributed by atoms with van der Waals surface area (Å²) in [6, 6.07) is 6.94. The van der Waals surface area contributed by atoms with Gasteiger partial charge in [0.05, 0.1) is 13.0 Å². The van der Waals surface area contributed by atoms with Crippen molar-refractivity contribution in [1.82, 2.24) is 4.90 Å². The van der Waals surface area contributed by atoms with Crippen molar-refractivity contribution >= 4 is 34.4 Å². The monoisotopic (exact) mass is 321 g/mol. The van der Waals surface area contributed by atoms with E-state index in [1.807, 2.05) is 0 Å². The molecule has 1 aliphatic heterocycles. The summed E-state index contributed by atoms with van der Waals surface area (Å²) in [5, 5.41) is 1.41. The second-order valence-corrected chi connectivity index (χ2v) is 5.82. The Balaban J connectivity index is 1.72. The van der Waals surface area contributed by atoms with Crippen molar-refractivity contribution in [3.8, 4) is 0 Å². The number of benzene rings is 1. The smallest absolute Gasteiger partial charge is 0.308 e. The van der Waals surface area contributed by atoms with Crippen LogP contribution in [0, 0.1) is 5.92 Å². The number of nitrogens with zero attached hydrogens (tertiary/aromatic N) is 1. The quantitative estimate of drug-likeness (QED) is 0.797. The van der Waals surface area contributed by atoms with Crippen LogP contribution in [0.2, 0.25) is 5.02 Å². The predicted octanol–water partition coefficient (Wildman–Crippen LogP) is 3.11. The molecule has 0 atom stereocenters. The molecule has 1 aromatic carbocycles. The van der Waals surface area contributed by atoms with Crippen LogP contribution >= 0.6 is 11.6 Å². The molecule has 1 aliphatic rings. The number of methoxy groups -OCH3 is 1. The predicted molar refractivity (Wildman–Crippen MR) is 81.9 cm³/mol. The van der Waals surface area contributed by atoms with E-state index in [1.54, 1.807) is 29.2 Å². The molecular formula is C16H16ClNO4. The SMILES string of the molecule is COC(=O)C1CCN(C(=O)c2cc3cc(Cl)ccc3o2)CC1. The van der Waals surface area contributed by atoms with E-state index in [0.717, 1.165) is 5.39 Å². The lowest BCUT2D eigenvalue weighted by molar-refractivity contribution is -0.146. The van der Waals surface area contributed by atoms with Gasteiger partial charge in [0, 0.05) is 23.5 Å². The Labute approximate surface area is 132 Å². The topological polar surface area (TPSA) is 59.8 Å². The first-order valence-corrected chi connectivity index (χ1v) is 7.52. The Kier molecular flexibility index (Phi) is 4.07. The summed E-state index contributed by atoms with van der Waals surface area (Å²) in [6.45, 7) is 1.05. The summed E-state index contributed by atoms with van der Waals surface area (Å²) in [7, 11) is 1.39. The number of halogens is 1. The number of hydrogen-bond donors (Lipinski definition) is 0. The highest BCUT2D eigenvalue weighted by atomic mass is 35.5. The number of hydrogen-bond acceptors (Lipinski definition) is 4. The Morgan fingerprint density at radius 1 is 1.27 bits per heavy atom. The van der Waals surface area contributed by atoms with E-state index in [0.29, 0.717) is 42.3 Å². The number of carbonyl (C=O) groups excluding carboxylic acids is 2. The molecule has 0 aliphatic carbocycles. The van der Waals surface area contributed by atoms with E-state index in [2.05, 4.69) is 0 Å². The summed E-state index contributed by atoms with van der Waals surface area (Å²) in [5.41, 5.74) is 0.636. The molecule has 0 saturated carbocycles. The minimum absolute atomic E-state index is 0.122. The number of likely N-dealkylation sites (tertiary alicyclic amines) is 1. The van der Waals surface area contributed by atoms with E-state index in [9.17, 15) is 9.59 Å². The van der Waals surface area contributed by atoms with E-state index < -0.39 is 0 Å². The Morgan fingerprint density at radius 2 is 2.00 bits per heavy atom. The zero-order valence-corrected chi connectivity index (χ0v) is 12.9. The van der Waals surface area contributed by atoms with Crippen LogP contribution < -0.4 is 0 Å². The Hall–Kier alpha value is -2.01. The molecule has 3 rings (SSSR count). The lowest BCUT2D eigenvalue weighted by Crippen LogP contribution is -2.40. The highest BCUT2D eigenvalue weighted by Crippen LogP contribution is 2.25. The fourth-order valence-corrected chi connectivity index (χ4v) is 2.94. The molecule has 1 saturated heterocycles. The van der Waals surface area contributed by atoms with Crippen molar-refractivity contribution in [1.29, 1.82) is 0 Å². The minimum Gasteiger partial charge on any atom is -0.469 e. The van der Waals surface area contributed by atoms with Gasteiger partial charge in [0.25, 0.3) is 5.91 Å². The molecule has 0 N–H and O–H groups in total. The maximum Gasteiger partial charge on any atom is 0.308 e. The molecule has 5 nitrogen and oxygen atoms in total. The van der Waals surface area contributed by atoms with Gasteiger partial charge in [0.2, 0.25) is 0 Å². The first-order chi connectivity index (χ1) is 10.6. The standard InChI is InChI=1S/C16H16ClNO4/c1-21-16(20)10-4-6-18(7-5-10)15(19)14-9-11-8-12(17)2-3-13(11)22-14/h2-3,8-10H,4-7H2,1H3. The summed E-state index contributed by atoms with van der Waals surface area (Å²) in [4.78, 5) is 25.7. The lowest BCUT2D eigenvalue weighted by atomic mass is 9.97. The van der Waals surface area contributed by atoms with Crippen molar-refractivity contribution in [3.63, 3.8) is 0 Å². The third-order valence-electron chi connectivity index (χ3n) is 4.01. The van der Waals surface area contributed by atoms with Gasteiger partial charge in [-0.25, -0.2) is 0 Å². The molecule has 22 heavy (non-hydrogen) atoms. The van der Waals surface area contributed by atoms with Crippen molar-refractivity contribution in [2.24, 2.45) is 5.92 Å². The first-order valence-electron chi connectivity index (χ1n) is 7.14. The van der Waals surface area contributed by atoms with Crippen LogP contribution in [-0.2, 0) is 9.53 Å². The molecule has 1 amide bonds. The molecule has 2 heterocycles. The molecule has 6 heteroatoms. The summed E-state index contributed by atoms with van der Waals surface area (Å²) >= 11 is 5.93. The van der Waals surface area contributed by atoms with Gasteiger partial charge in [-0.3, -0.25) is 9.59 Å². The largest absolute Gasteiger partial charge is 0.469 e. The van der Waals surface area contributed by atoms with E-state index in [1.165, 1.54) is 7.11 Å². The second-order valence-electron chi connectivity index (χ2n) is 5.38. The molecule has 0 bridgehead atoms. The van der Waals surface area contributed by atoms with Crippen LogP contribution in [0.5, 0.6) is 0 Å². The van der Waals surface area contributed by atoms with Gasteiger partial charge in [-0.2, -0.15) is 0 Å². The molecular weight excluding hydrogens is 306 g/mol. The number of piperidine rings is 1. The van der Waals surface area contributed by atoms with E-state index in [4.69, 9.17) is 20.8 Å². The number of fused-ring (bicyclic) bond motifs is 1. The molecule has 1 aromatic heterocycles. The number of furan rings is 1. The van der Waals surface area contributed by atoms with E-state index in [-0.39, 0.29) is 17.8 Å². The van der Waals surface area contributed by atoms with Gasteiger partial charge in [-0.05, 0) is 37.1 Å². The number of carbonyl (C=O) groups is 2. The molecule has 1 fully saturated rings. The Bertz CT molecular complexity index is 716. The van der Waals surface area contributed by atoms with Gasteiger partial charge >= 0.3 is 5.97 Å². The summed E-state index contributed by atoms with van der Waals surface area (Å²) in [5.74, 6) is -0.182. The number of amides is 1. The highest BCUT2D eigenvalue weighted by Gasteiger charge is 2.29. The summed E-state index contributed by atoms with van der Waals surface area (Å²) < 4.78 is 10.3. The van der Waals surface area contributed by atoms with Crippen LogP contribution in [0.3, 0.4) is 0 Å². The van der Waals surface area contributed by atoms with Crippen LogP contribution in [0.15, 0.2) is 28.7 Å². The van der Waals surface area contributed by atoms with E-state index >= 15 is 0 Å². The Morgan fingerprint density at radius 3 is 2.68 bits per heavy atom. The fraction of sp³-hybridized carbons (Fsp3) is 0.375. The number of esters is 1. The minimum atomic E-state index is -0.203. The van der Waals surface area contributed by atoms with Crippen molar-refractivity contribution in [2.45, 2.75) is 12.8 Å². The average molecular weight is 322 g/mol. The second kappa shape index (κ2) is 6.01. The van der Waals surface area contributed by atoms with Gasteiger partial charge in [-0.1, -0.05) is 11.6 Å². The van der Waals surface area contributed by atoms with Crippen LogP contribution in [0.25, 0.3) is 11.0 Å². The summed E-state index contributed by atoms with van der Waals surface area (Å²) in [6.07, 6.45) is 1.23. The first kappa shape index (κ1) is 14.9. The zero-order chi connectivity index (χ0) is 15.7. The van der Waals surface area contributed by atoms with Gasteiger partial charge in [0.15, 0.2) is 5.76 Å². The molecule has 0 spiro atoms. The van der Waals surface area contributed by atoms with Gasteiger partial charge < -0.3 is 14.1 Å². The van der Waals surface area contributed by atoms with Gasteiger partial charge in [0.1, 0.15) is 5.58 Å². The van der Waals surface area contributed by atoms with Crippen LogP contribution in [0.1, 0.15) is 23.4 Å². The molecule has 116 valence electrons. The molecule has 0 radical (unpaired) electrons. The number of rotatable bonds is 2. The molecule has 2 aromatic rings. The maximum absolute atomic E-state index is 12.5. The van der Waals surface area contributed by atoms with Crippen molar-refractivity contribution < 1.29 is 18.7 Å². The third-order valence-corrected chi connectivity index (χ3v) is 4.24. The normalized spacial score (nSPS) is 16.0. The zero-order valence-electron chi connectivity index (χ0n) is 12.2. The fourth-order valence-electron chi connectivity index (χ4n) is 2.76. The molecule has 0 unspecified atom stereocenters. The number of ether oxygens (including phenoxy) is 1. The highest BCUT2D eigenvalue weighted by molar-refractivity contribution is 6.31. The van der Waals surface area contributed by atoms with Crippen molar-refractivity contribution in [3.05, 3.63) is 35.0 Å². The van der Waals surface area contributed by atoms with Gasteiger partial charge in [-0.15, -0.1) is 0 Å². The van der Waals surface area contributed by atoms with Crippen LogP contribution in [0.4, 0.5) is 0 Å². The lowest BCUT2D eigenvalue weighted by Gasteiger charge is -2.29. The van der Waals surface area contributed by atoms with Crippen LogP contribution in [-0.4, -0.2) is 37.0 Å². The average Bonchev–Trinajstić information content (AvgIpc) is 2.96. The maximum atomic E-state index is 12.5. The van der Waals surface area contributed by atoms with Crippen molar-refractivity contribution in [2.75, 3.05) is 20.2 Å².